The predicted molar refractivity (Wildman–Crippen MR) is 75.9 cm³/mol. The minimum Gasteiger partial charge on any atom is -0.486 e. The van der Waals surface area contributed by atoms with Crippen LogP contribution in [0, 0.1) is 0 Å². The highest BCUT2D eigenvalue weighted by molar-refractivity contribution is 5.56. The zero-order valence-corrected chi connectivity index (χ0v) is 10.9. The van der Waals surface area contributed by atoms with Gasteiger partial charge in [0.25, 0.3) is 0 Å². The fourth-order valence-electron chi connectivity index (χ4n) is 2.21. The van der Waals surface area contributed by atoms with Crippen molar-refractivity contribution in [2.45, 2.75) is 13.0 Å². The summed E-state index contributed by atoms with van der Waals surface area (Å²) in [6.45, 7) is 3.39. The Balaban J connectivity index is 1.76. The molecule has 0 fully saturated rings. The van der Waals surface area contributed by atoms with E-state index in [1.807, 2.05) is 24.3 Å². The summed E-state index contributed by atoms with van der Waals surface area (Å²) >= 11 is 0. The van der Waals surface area contributed by atoms with Crippen LogP contribution < -0.4 is 14.8 Å². The molecule has 3 nitrogen and oxygen atoms in total. The Hall–Kier alpha value is -2.16. The number of hydrogen-bond acceptors (Lipinski definition) is 3. The normalized spacial score (nSPS) is 14.8. The molecule has 0 spiro atoms. The van der Waals surface area contributed by atoms with Gasteiger partial charge in [-0.25, -0.2) is 0 Å². The molecule has 1 heterocycles. The van der Waals surface area contributed by atoms with Crippen LogP contribution in [-0.4, -0.2) is 13.2 Å². The van der Waals surface area contributed by atoms with E-state index in [-0.39, 0.29) is 6.04 Å². The lowest BCUT2D eigenvalue weighted by atomic mass is 10.1. The topological polar surface area (TPSA) is 30.5 Å². The van der Waals surface area contributed by atoms with Crippen molar-refractivity contribution in [3.05, 3.63) is 54.1 Å². The molecular formula is C16H17NO2. The van der Waals surface area contributed by atoms with Crippen molar-refractivity contribution in [1.82, 2.24) is 0 Å². The molecule has 0 saturated heterocycles. The second-order valence-corrected chi connectivity index (χ2v) is 4.64. The molecule has 0 bridgehead atoms. The highest BCUT2D eigenvalue weighted by Crippen LogP contribution is 2.33. The highest BCUT2D eigenvalue weighted by Gasteiger charge is 2.12. The average Bonchev–Trinajstić information content (AvgIpc) is 2.48. The molecule has 2 aromatic carbocycles. The summed E-state index contributed by atoms with van der Waals surface area (Å²) in [5.74, 6) is 1.64. The third kappa shape index (κ3) is 2.65. The molecule has 0 radical (unpaired) electrons. The summed E-state index contributed by atoms with van der Waals surface area (Å²) < 4.78 is 11.1. The first-order chi connectivity index (χ1) is 9.33. The van der Waals surface area contributed by atoms with Gasteiger partial charge in [-0.1, -0.05) is 30.3 Å². The van der Waals surface area contributed by atoms with Gasteiger partial charge in [0.1, 0.15) is 13.2 Å². The SMILES string of the molecule is CC(Nc1ccc2c(c1)OCCO2)c1ccccc1. The molecule has 1 aliphatic heterocycles. The third-order valence-electron chi connectivity index (χ3n) is 3.22. The minimum atomic E-state index is 0.253. The summed E-state index contributed by atoms with van der Waals surface area (Å²) in [7, 11) is 0. The summed E-state index contributed by atoms with van der Waals surface area (Å²) in [4.78, 5) is 0. The maximum atomic E-state index is 5.59. The second kappa shape index (κ2) is 5.22. The molecule has 1 atom stereocenters. The van der Waals surface area contributed by atoms with Crippen LogP contribution in [0.3, 0.4) is 0 Å². The Morgan fingerprint density at radius 1 is 0.947 bits per heavy atom. The van der Waals surface area contributed by atoms with Gasteiger partial charge in [-0.2, -0.15) is 0 Å². The first-order valence-corrected chi connectivity index (χ1v) is 6.54. The molecule has 0 amide bonds. The maximum Gasteiger partial charge on any atom is 0.163 e. The van der Waals surface area contributed by atoms with Gasteiger partial charge in [-0.05, 0) is 24.6 Å². The van der Waals surface area contributed by atoms with E-state index in [0.29, 0.717) is 13.2 Å². The van der Waals surface area contributed by atoms with Crippen molar-refractivity contribution >= 4 is 5.69 Å². The minimum absolute atomic E-state index is 0.253. The van der Waals surface area contributed by atoms with Crippen molar-refractivity contribution < 1.29 is 9.47 Å². The van der Waals surface area contributed by atoms with Crippen LogP contribution in [0.15, 0.2) is 48.5 Å². The quantitative estimate of drug-likeness (QED) is 0.908. The molecule has 1 aliphatic rings. The number of nitrogens with one attached hydrogen (secondary N) is 1. The van der Waals surface area contributed by atoms with Crippen molar-refractivity contribution in [1.29, 1.82) is 0 Å². The Kier molecular flexibility index (Phi) is 3.27. The van der Waals surface area contributed by atoms with Crippen molar-refractivity contribution in [2.75, 3.05) is 18.5 Å². The molecule has 0 saturated carbocycles. The van der Waals surface area contributed by atoms with Gasteiger partial charge < -0.3 is 14.8 Å². The van der Waals surface area contributed by atoms with E-state index in [2.05, 4.69) is 36.5 Å². The van der Waals surface area contributed by atoms with Gasteiger partial charge in [0.05, 0.1) is 0 Å². The van der Waals surface area contributed by atoms with E-state index in [1.54, 1.807) is 0 Å². The number of hydrogen-bond donors (Lipinski definition) is 1. The highest BCUT2D eigenvalue weighted by atomic mass is 16.6. The van der Waals surface area contributed by atoms with Crippen LogP contribution in [0.1, 0.15) is 18.5 Å². The van der Waals surface area contributed by atoms with Crippen LogP contribution >= 0.6 is 0 Å². The molecule has 3 rings (SSSR count). The summed E-state index contributed by atoms with van der Waals surface area (Å²) in [6, 6.07) is 16.6. The van der Waals surface area contributed by atoms with E-state index < -0.39 is 0 Å². The van der Waals surface area contributed by atoms with Crippen LogP contribution in [0.4, 0.5) is 5.69 Å². The number of rotatable bonds is 3. The smallest absolute Gasteiger partial charge is 0.163 e. The molecule has 19 heavy (non-hydrogen) atoms. The Labute approximate surface area is 113 Å². The lowest BCUT2D eigenvalue weighted by Crippen LogP contribution is -2.15. The number of fused-ring (bicyclic) bond motifs is 1. The van der Waals surface area contributed by atoms with Crippen LogP contribution in [-0.2, 0) is 0 Å². The molecule has 0 aromatic heterocycles. The lowest BCUT2D eigenvalue weighted by molar-refractivity contribution is 0.171. The lowest BCUT2D eigenvalue weighted by Gasteiger charge is -2.21. The molecule has 0 aliphatic carbocycles. The summed E-state index contributed by atoms with van der Waals surface area (Å²) in [6.07, 6.45) is 0. The Morgan fingerprint density at radius 2 is 1.68 bits per heavy atom. The second-order valence-electron chi connectivity index (χ2n) is 4.64. The number of benzene rings is 2. The molecule has 2 aromatic rings. The van der Waals surface area contributed by atoms with E-state index in [9.17, 15) is 0 Å². The molecule has 3 heteroatoms. The van der Waals surface area contributed by atoms with Crippen LogP contribution in [0.25, 0.3) is 0 Å². The van der Waals surface area contributed by atoms with E-state index >= 15 is 0 Å². The summed E-state index contributed by atoms with van der Waals surface area (Å²) in [5, 5.41) is 3.47. The maximum absolute atomic E-state index is 5.59. The van der Waals surface area contributed by atoms with Gasteiger partial charge in [-0.15, -0.1) is 0 Å². The number of ether oxygens (including phenoxy) is 2. The van der Waals surface area contributed by atoms with Crippen molar-refractivity contribution in [2.24, 2.45) is 0 Å². The van der Waals surface area contributed by atoms with Crippen molar-refractivity contribution in [3.63, 3.8) is 0 Å². The van der Waals surface area contributed by atoms with Gasteiger partial charge in [0, 0.05) is 17.8 Å². The van der Waals surface area contributed by atoms with Gasteiger partial charge in [0.2, 0.25) is 0 Å². The summed E-state index contributed by atoms with van der Waals surface area (Å²) in [5.41, 5.74) is 2.30. The zero-order chi connectivity index (χ0) is 13.1. The Morgan fingerprint density at radius 3 is 2.47 bits per heavy atom. The van der Waals surface area contributed by atoms with E-state index in [0.717, 1.165) is 17.2 Å². The number of anilines is 1. The standard InChI is InChI=1S/C16H17NO2/c1-12(13-5-3-2-4-6-13)17-14-7-8-15-16(11-14)19-10-9-18-15/h2-8,11-12,17H,9-10H2,1H3. The molecule has 1 N–H and O–H groups in total. The van der Waals surface area contributed by atoms with Crippen LogP contribution in [0.5, 0.6) is 11.5 Å². The van der Waals surface area contributed by atoms with Crippen LogP contribution in [0.2, 0.25) is 0 Å². The first-order valence-electron chi connectivity index (χ1n) is 6.54. The fourth-order valence-corrected chi connectivity index (χ4v) is 2.21. The molecular weight excluding hydrogens is 238 g/mol. The van der Waals surface area contributed by atoms with E-state index in [4.69, 9.17) is 9.47 Å². The first kappa shape index (κ1) is 11.9. The van der Waals surface area contributed by atoms with E-state index in [1.165, 1.54) is 5.56 Å². The molecule has 1 unspecified atom stereocenters. The monoisotopic (exact) mass is 255 g/mol. The predicted octanol–water partition coefficient (Wildman–Crippen LogP) is 3.63. The van der Waals surface area contributed by atoms with Gasteiger partial charge >= 0.3 is 0 Å². The molecule has 98 valence electrons. The zero-order valence-electron chi connectivity index (χ0n) is 10.9. The fraction of sp³-hybridized carbons (Fsp3) is 0.250. The average molecular weight is 255 g/mol. The largest absolute Gasteiger partial charge is 0.486 e. The van der Waals surface area contributed by atoms with Gasteiger partial charge in [-0.3, -0.25) is 0 Å². The van der Waals surface area contributed by atoms with Gasteiger partial charge in [0.15, 0.2) is 11.5 Å². The third-order valence-corrected chi connectivity index (χ3v) is 3.22. The Bertz CT molecular complexity index is 554. The van der Waals surface area contributed by atoms with Crippen molar-refractivity contribution in [3.8, 4) is 11.5 Å².